The third kappa shape index (κ3) is 12.7. The Hall–Kier alpha value is -2.21. The van der Waals surface area contributed by atoms with Gasteiger partial charge >= 0.3 is 0 Å². The maximum Gasteiger partial charge on any atom is 0.238 e. The highest BCUT2D eigenvalue weighted by molar-refractivity contribution is 6.31. The number of halogens is 1. The van der Waals surface area contributed by atoms with E-state index in [1.54, 1.807) is 0 Å². The van der Waals surface area contributed by atoms with Gasteiger partial charge in [0, 0.05) is 17.1 Å². The van der Waals surface area contributed by atoms with Gasteiger partial charge in [0.2, 0.25) is 5.91 Å². The average molecular weight is 585 g/mol. The molecule has 2 rings (SSSR count). The molecule has 1 N–H and O–H groups in total. The molecule has 41 heavy (non-hydrogen) atoms. The van der Waals surface area contributed by atoms with Gasteiger partial charge in [-0.25, -0.2) is 0 Å². The van der Waals surface area contributed by atoms with Crippen LogP contribution in [-0.4, -0.2) is 67.4 Å². The lowest BCUT2D eigenvalue weighted by molar-refractivity contribution is -0.900. The fourth-order valence-electron chi connectivity index (χ4n) is 5.50. The van der Waals surface area contributed by atoms with Crippen LogP contribution in [0.2, 0.25) is 5.02 Å². The van der Waals surface area contributed by atoms with Crippen molar-refractivity contribution in [2.45, 2.75) is 92.4 Å². The number of Topliss-reactive ketones (excluding diaryl/α,β-unsaturated/α-hetero) is 1. The number of nitrogens with zero attached hydrogens (tertiary/aromatic N) is 2. The minimum absolute atomic E-state index is 0.0797. The predicted molar refractivity (Wildman–Crippen MR) is 175 cm³/mol. The number of hydrogen-bond acceptors (Lipinski definition) is 3. The molecular weight excluding hydrogens is 530 g/mol. The number of carbonyl (C=O) groups is 2. The number of carbonyl (C=O) groups excluding carboxylic acids is 2. The number of rotatable bonds is 20. The van der Waals surface area contributed by atoms with Crippen molar-refractivity contribution in [3.8, 4) is 0 Å². The molecule has 5 nitrogen and oxygen atoms in total. The first-order chi connectivity index (χ1) is 19.6. The van der Waals surface area contributed by atoms with Crippen molar-refractivity contribution in [2.75, 3.05) is 51.6 Å². The van der Waals surface area contributed by atoms with Crippen molar-refractivity contribution >= 4 is 29.0 Å². The highest BCUT2D eigenvalue weighted by Crippen LogP contribution is 2.21. The minimum atomic E-state index is 0.0797. The van der Waals surface area contributed by atoms with Gasteiger partial charge in [0.15, 0.2) is 5.78 Å². The van der Waals surface area contributed by atoms with E-state index >= 15 is 0 Å². The summed E-state index contributed by atoms with van der Waals surface area (Å²) in [6.45, 7) is 15.4. The fourth-order valence-corrected chi connectivity index (χ4v) is 5.79. The summed E-state index contributed by atoms with van der Waals surface area (Å²) in [6, 6.07) is 11.9. The van der Waals surface area contributed by atoms with Gasteiger partial charge in [-0.15, -0.1) is 0 Å². The monoisotopic (exact) mass is 584 g/mol. The molecule has 0 aliphatic heterocycles. The lowest BCUT2D eigenvalue weighted by Gasteiger charge is -2.33. The van der Waals surface area contributed by atoms with Crippen LogP contribution >= 0.6 is 11.6 Å². The number of ketones is 1. The zero-order valence-electron chi connectivity index (χ0n) is 26.7. The van der Waals surface area contributed by atoms with E-state index in [-0.39, 0.29) is 11.7 Å². The number of aryl methyl sites for hydroxylation is 3. The number of quaternary nitrogens is 1. The van der Waals surface area contributed by atoms with Crippen LogP contribution in [0, 0.1) is 20.8 Å². The molecular formula is C35H55ClN3O2+. The predicted octanol–water partition coefficient (Wildman–Crippen LogP) is 7.92. The Labute approximate surface area is 255 Å². The highest BCUT2D eigenvalue weighted by Gasteiger charge is 2.24. The van der Waals surface area contributed by atoms with Crippen LogP contribution < -0.4 is 5.32 Å². The molecule has 0 saturated heterocycles. The second-order valence-electron chi connectivity index (χ2n) is 12.1. The molecule has 1 amide bonds. The number of benzene rings is 2. The van der Waals surface area contributed by atoms with Crippen LogP contribution in [-0.2, 0) is 16.0 Å². The largest absolute Gasteiger partial charge is 0.324 e. The van der Waals surface area contributed by atoms with Gasteiger partial charge in [-0.3, -0.25) is 14.5 Å². The number of amides is 1. The van der Waals surface area contributed by atoms with E-state index in [0.717, 1.165) is 84.3 Å². The second kappa shape index (κ2) is 18.4. The van der Waals surface area contributed by atoms with Gasteiger partial charge in [-0.1, -0.05) is 74.5 Å². The van der Waals surface area contributed by atoms with Gasteiger partial charge in [0.05, 0.1) is 26.7 Å². The summed E-state index contributed by atoms with van der Waals surface area (Å²) in [5.41, 5.74) is 5.22. The highest BCUT2D eigenvalue weighted by atomic mass is 35.5. The van der Waals surface area contributed by atoms with E-state index in [1.165, 1.54) is 25.7 Å². The maximum atomic E-state index is 12.9. The molecule has 0 aromatic heterocycles. The first kappa shape index (κ1) is 35.0. The zero-order chi connectivity index (χ0) is 30.3. The first-order valence-electron chi connectivity index (χ1n) is 15.8. The maximum absolute atomic E-state index is 12.9. The van der Waals surface area contributed by atoms with E-state index in [2.05, 4.69) is 31.1 Å². The van der Waals surface area contributed by atoms with Gasteiger partial charge in [0.25, 0.3) is 0 Å². The van der Waals surface area contributed by atoms with Gasteiger partial charge in [-0.2, -0.15) is 0 Å². The average Bonchev–Trinajstić information content (AvgIpc) is 2.92. The quantitative estimate of drug-likeness (QED) is 0.127. The third-order valence-corrected chi connectivity index (χ3v) is 8.77. The van der Waals surface area contributed by atoms with Crippen LogP contribution in [0.1, 0.15) is 87.5 Å². The molecule has 0 fully saturated rings. The van der Waals surface area contributed by atoms with Gasteiger partial charge in [0.1, 0.15) is 6.54 Å². The number of hydrogen-bond donors (Lipinski definition) is 1. The molecule has 228 valence electrons. The Morgan fingerprint density at radius 1 is 0.829 bits per heavy atom. The number of unbranched alkanes of at least 4 members (excludes halogenated alkanes) is 6. The summed E-state index contributed by atoms with van der Waals surface area (Å²) in [7, 11) is 2.21. The Morgan fingerprint density at radius 3 is 2.05 bits per heavy atom. The van der Waals surface area contributed by atoms with Gasteiger partial charge in [-0.05, 0) is 94.8 Å². The molecule has 2 aromatic rings. The van der Waals surface area contributed by atoms with Crippen LogP contribution in [0.25, 0.3) is 0 Å². The topological polar surface area (TPSA) is 49.4 Å². The molecule has 0 aliphatic carbocycles. The van der Waals surface area contributed by atoms with Crippen molar-refractivity contribution < 1.29 is 14.1 Å². The fraction of sp³-hybridized carbons (Fsp3) is 0.600. The molecule has 0 bridgehead atoms. The number of nitrogens with one attached hydrogen (secondary N) is 1. The Bertz CT molecular complexity index is 1060. The van der Waals surface area contributed by atoms with E-state index in [9.17, 15) is 9.59 Å². The summed E-state index contributed by atoms with van der Waals surface area (Å²) >= 11 is 6.36. The smallest absolute Gasteiger partial charge is 0.238 e. The van der Waals surface area contributed by atoms with E-state index in [0.29, 0.717) is 24.5 Å². The van der Waals surface area contributed by atoms with Crippen molar-refractivity contribution in [1.29, 1.82) is 0 Å². The third-order valence-electron chi connectivity index (χ3n) is 8.41. The molecule has 0 aliphatic rings. The molecule has 1 atom stereocenters. The molecule has 6 heteroatoms. The van der Waals surface area contributed by atoms with E-state index in [4.69, 9.17) is 11.6 Å². The zero-order valence-corrected chi connectivity index (χ0v) is 27.4. The van der Waals surface area contributed by atoms with E-state index in [1.807, 2.05) is 57.2 Å². The molecule has 2 aromatic carbocycles. The Morgan fingerprint density at radius 2 is 1.41 bits per heavy atom. The number of para-hydroxylation sites is 1. The Balaban J connectivity index is 1.68. The van der Waals surface area contributed by atoms with Crippen LogP contribution in [0.3, 0.4) is 0 Å². The van der Waals surface area contributed by atoms with Crippen molar-refractivity contribution in [1.82, 2.24) is 4.90 Å². The summed E-state index contributed by atoms with van der Waals surface area (Å²) in [6.07, 6.45) is 9.77. The summed E-state index contributed by atoms with van der Waals surface area (Å²) in [5.74, 6) is 0.344. The second-order valence-corrected chi connectivity index (χ2v) is 12.5. The standard InChI is InChI=1S/C35H54ClN3O2/c1-7-9-22-38(26-34(41)37-35-29(4)19-16-20-30(35)5)23-14-12-10-11-13-15-24-39(6,8-2)27-31(40)25-32-28(3)18-17-21-33(32)36/h16-21H,7-15,22-27H2,1-6H3/p+1. The summed E-state index contributed by atoms with van der Waals surface area (Å²) in [5, 5.41) is 3.84. The van der Waals surface area contributed by atoms with Crippen LogP contribution in [0.4, 0.5) is 5.69 Å². The van der Waals surface area contributed by atoms with Crippen molar-refractivity contribution in [3.63, 3.8) is 0 Å². The first-order valence-corrected chi connectivity index (χ1v) is 16.1. The van der Waals surface area contributed by atoms with Gasteiger partial charge < -0.3 is 9.80 Å². The van der Waals surface area contributed by atoms with Crippen molar-refractivity contribution in [2.24, 2.45) is 0 Å². The SMILES string of the molecule is CCCCN(CCCCCCCC[N+](C)(CC)CC(=O)Cc1c(C)cccc1Cl)CC(=O)Nc1c(C)cccc1C. The lowest BCUT2D eigenvalue weighted by Crippen LogP contribution is -2.48. The molecule has 0 radical (unpaired) electrons. The lowest BCUT2D eigenvalue weighted by atomic mass is 10.0. The molecule has 0 heterocycles. The van der Waals surface area contributed by atoms with Crippen molar-refractivity contribution in [3.05, 3.63) is 63.7 Å². The number of anilines is 1. The molecule has 0 saturated carbocycles. The van der Waals surface area contributed by atoms with Crippen LogP contribution in [0.5, 0.6) is 0 Å². The molecule has 1 unspecified atom stereocenters. The summed E-state index contributed by atoms with van der Waals surface area (Å²) < 4.78 is 0.790. The van der Waals surface area contributed by atoms with Crippen LogP contribution in [0.15, 0.2) is 36.4 Å². The summed E-state index contributed by atoms with van der Waals surface area (Å²) in [4.78, 5) is 28.0. The normalized spacial score (nSPS) is 12.9. The molecule has 0 spiro atoms. The minimum Gasteiger partial charge on any atom is -0.324 e. The Kier molecular flexibility index (Phi) is 15.7. The van der Waals surface area contributed by atoms with E-state index < -0.39 is 0 Å². The number of likely N-dealkylation sites (N-methyl/N-ethyl adjacent to an activating group) is 1.